The molecule has 1 aromatic heterocycles. The third-order valence-corrected chi connectivity index (χ3v) is 3.11. The Morgan fingerprint density at radius 2 is 2.11 bits per heavy atom. The maximum Gasteiger partial charge on any atom is 0.225 e. The summed E-state index contributed by atoms with van der Waals surface area (Å²) in [6.07, 6.45) is 0. The molecule has 0 saturated carbocycles. The first-order chi connectivity index (χ1) is 8.99. The van der Waals surface area contributed by atoms with Crippen molar-refractivity contribution in [2.45, 2.75) is 0 Å². The maximum absolute atomic E-state index is 13.1. The number of nitrogens with two attached hydrogens (primary N) is 1. The van der Waals surface area contributed by atoms with Gasteiger partial charge in [-0.2, -0.15) is 9.97 Å². The molecule has 2 aromatic rings. The minimum Gasteiger partial charge on any atom is -0.481 e. The van der Waals surface area contributed by atoms with E-state index in [-0.39, 0.29) is 11.0 Å². The molecule has 19 heavy (non-hydrogen) atoms. The van der Waals surface area contributed by atoms with E-state index < -0.39 is 5.82 Å². The molecule has 0 aliphatic carbocycles. The first kappa shape index (κ1) is 13.8. The lowest BCUT2D eigenvalue weighted by Gasteiger charge is -2.11. The average Bonchev–Trinajstić information content (AvgIpc) is 2.33. The number of hydrogen-bond donors (Lipinski definition) is 2. The summed E-state index contributed by atoms with van der Waals surface area (Å²) in [7, 11) is 1.46. The number of methoxy groups -OCH3 is 1. The number of anilines is 3. The third kappa shape index (κ3) is 3.24. The molecule has 5 nitrogen and oxygen atoms in total. The van der Waals surface area contributed by atoms with Crippen LogP contribution >= 0.6 is 27.5 Å². The number of benzene rings is 1. The molecule has 0 fully saturated rings. The van der Waals surface area contributed by atoms with E-state index in [4.69, 9.17) is 22.1 Å². The van der Waals surface area contributed by atoms with Crippen molar-refractivity contribution >= 4 is 45.0 Å². The van der Waals surface area contributed by atoms with Crippen LogP contribution in [0.1, 0.15) is 0 Å². The van der Waals surface area contributed by atoms with Crippen molar-refractivity contribution < 1.29 is 9.13 Å². The van der Waals surface area contributed by atoms with Crippen LogP contribution in [0.4, 0.5) is 21.8 Å². The highest BCUT2D eigenvalue weighted by Gasteiger charge is 2.10. The first-order valence-corrected chi connectivity index (χ1v) is 6.27. The van der Waals surface area contributed by atoms with Crippen LogP contribution in [-0.2, 0) is 0 Å². The SMILES string of the molecule is COc1cc(Nc2c(Cl)cc(F)cc2Br)nc(N)n1. The molecule has 0 atom stereocenters. The topological polar surface area (TPSA) is 73.1 Å². The molecule has 8 heteroatoms. The third-order valence-electron chi connectivity index (χ3n) is 2.19. The molecule has 3 N–H and O–H groups in total. The number of nitrogens with one attached hydrogen (secondary N) is 1. The van der Waals surface area contributed by atoms with Crippen LogP contribution in [0.3, 0.4) is 0 Å². The van der Waals surface area contributed by atoms with Crippen LogP contribution in [0, 0.1) is 5.82 Å². The van der Waals surface area contributed by atoms with Gasteiger partial charge in [-0.15, -0.1) is 0 Å². The van der Waals surface area contributed by atoms with Gasteiger partial charge in [0.05, 0.1) is 17.8 Å². The smallest absolute Gasteiger partial charge is 0.225 e. The fourth-order valence-electron chi connectivity index (χ4n) is 1.40. The zero-order chi connectivity index (χ0) is 14.0. The van der Waals surface area contributed by atoms with Gasteiger partial charge < -0.3 is 15.8 Å². The van der Waals surface area contributed by atoms with Crippen LogP contribution in [0.5, 0.6) is 5.88 Å². The Morgan fingerprint density at radius 3 is 2.74 bits per heavy atom. The van der Waals surface area contributed by atoms with E-state index in [9.17, 15) is 4.39 Å². The molecule has 2 rings (SSSR count). The van der Waals surface area contributed by atoms with Gasteiger partial charge >= 0.3 is 0 Å². The van der Waals surface area contributed by atoms with Crippen LogP contribution in [0.15, 0.2) is 22.7 Å². The number of nitrogen functional groups attached to an aromatic ring is 1. The van der Waals surface area contributed by atoms with Gasteiger partial charge in [0.15, 0.2) is 0 Å². The molecule has 0 amide bonds. The van der Waals surface area contributed by atoms with Gasteiger partial charge in [-0.1, -0.05) is 11.6 Å². The molecule has 0 aliphatic heterocycles. The van der Waals surface area contributed by atoms with E-state index in [2.05, 4.69) is 31.2 Å². The van der Waals surface area contributed by atoms with Gasteiger partial charge in [-0.05, 0) is 28.1 Å². The quantitative estimate of drug-likeness (QED) is 0.890. The molecular formula is C11H9BrClFN4O. The summed E-state index contributed by atoms with van der Waals surface area (Å²) in [6, 6.07) is 4.02. The normalized spacial score (nSPS) is 10.3. The fourth-order valence-corrected chi connectivity index (χ4v) is 2.30. The van der Waals surface area contributed by atoms with Gasteiger partial charge in [0, 0.05) is 10.5 Å². The number of aromatic nitrogens is 2. The summed E-state index contributed by atoms with van der Waals surface area (Å²) in [6.45, 7) is 0. The number of ether oxygens (including phenoxy) is 1. The first-order valence-electron chi connectivity index (χ1n) is 5.09. The second-order valence-electron chi connectivity index (χ2n) is 3.52. The zero-order valence-electron chi connectivity index (χ0n) is 9.75. The Hall–Kier alpha value is -1.60. The van der Waals surface area contributed by atoms with Crippen molar-refractivity contribution in [1.29, 1.82) is 0 Å². The van der Waals surface area contributed by atoms with E-state index in [1.54, 1.807) is 6.07 Å². The van der Waals surface area contributed by atoms with Gasteiger partial charge in [0.1, 0.15) is 11.6 Å². The molecule has 1 heterocycles. The van der Waals surface area contributed by atoms with E-state index in [0.29, 0.717) is 21.9 Å². The molecule has 0 spiro atoms. The lowest BCUT2D eigenvalue weighted by molar-refractivity contribution is 0.398. The Labute approximate surface area is 122 Å². The number of hydrogen-bond acceptors (Lipinski definition) is 5. The monoisotopic (exact) mass is 346 g/mol. The van der Waals surface area contributed by atoms with Crippen molar-refractivity contribution in [3.8, 4) is 5.88 Å². The summed E-state index contributed by atoms with van der Waals surface area (Å²) in [5.41, 5.74) is 6.02. The lowest BCUT2D eigenvalue weighted by atomic mass is 10.3. The summed E-state index contributed by atoms with van der Waals surface area (Å²) < 4.78 is 18.6. The second kappa shape index (κ2) is 5.58. The minimum atomic E-state index is -0.442. The van der Waals surface area contributed by atoms with Crippen molar-refractivity contribution in [2.75, 3.05) is 18.2 Å². The van der Waals surface area contributed by atoms with Gasteiger partial charge in [-0.25, -0.2) is 4.39 Å². The maximum atomic E-state index is 13.1. The molecular weight excluding hydrogens is 339 g/mol. The van der Waals surface area contributed by atoms with Crippen molar-refractivity contribution in [3.63, 3.8) is 0 Å². The summed E-state index contributed by atoms with van der Waals surface area (Å²) in [5.74, 6) is 0.307. The molecule has 0 aliphatic rings. The van der Waals surface area contributed by atoms with Crippen molar-refractivity contribution in [2.24, 2.45) is 0 Å². The Bertz CT molecular complexity index is 603. The Morgan fingerprint density at radius 1 is 1.37 bits per heavy atom. The van der Waals surface area contributed by atoms with E-state index >= 15 is 0 Å². The highest BCUT2D eigenvalue weighted by molar-refractivity contribution is 9.10. The van der Waals surface area contributed by atoms with Crippen LogP contribution in [0.25, 0.3) is 0 Å². The zero-order valence-corrected chi connectivity index (χ0v) is 12.1. The molecule has 0 saturated heterocycles. The molecule has 0 unspecified atom stereocenters. The van der Waals surface area contributed by atoms with Gasteiger partial charge in [-0.3, -0.25) is 0 Å². The lowest BCUT2D eigenvalue weighted by Crippen LogP contribution is -2.02. The molecule has 1 aromatic carbocycles. The fraction of sp³-hybridized carbons (Fsp3) is 0.0909. The van der Waals surface area contributed by atoms with E-state index in [1.807, 2.05) is 0 Å². The van der Waals surface area contributed by atoms with Gasteiger partial charge in [0.2, 0.25) is 11.8 Å². The summed E-state index contributed by atoms with van der Waals surface area (Å²) in [4.78, 5) is 7.84. The van der Waals surface area contributed by atoms with Crippen LogP contribution < -0.4 is 15.8 Å². The second-order valence-corrected chi connectivity index (χ2v) is 4.78. The van der Waals surface area contributed by atoms with Crippen molar-refractivity contribution in [1.82, 2.24) is 9.97 Å². The Kier molecular flexibility index (Phi) is 4.06. The average molecular weight is 348 g/mol. The minimum absolute atomic E-state index is 0.0520. The predicted molar refractivity (Wildman–Crippen MR) is 75.4 cm³/mol. The summed E-state index contributed by atoms with van der Waals surface area (Å²) in [5, 5.41) is 3.14. The largest absolute Gasteiger partial charge is 0.481 e. The number of halogens is 3. The van der Waals surface area contributed by atoms with Crippen molar-refractivity contribution in [3.05, 3.63) is 33.5 Å². The van der Waals surface area contributed by atoms with Crippen LogP contribution in [0.2, 0.25) is 5.02 Å². The highest BCUT2D eigenvalue weighted by atomic mass is 79.9. The Balaban J connectivity index is 2.39. The van der Waals surface area contributed by atoms with E-state index in [1.165, 1.54) is 19.2 Å². The highest BCUT2D eigenvalue weighted by Crippen LogP contribution is 2.34. The predicted octanol–water partition coefficient (Wildman–Crippen LogP) is 3.37. The molecule has 0 bridgehead atoms. The number of rotatable bonds is 3. The molecule has 100 valence electrons. The van der Waals surface area contributed by atoms with Gasteiger partial charge in [0.25, 0.3) is 0 Å². The van der Waals surface area contributed by atoms with E-state index in [0.717, 1.165) is 0 Å². The molecule has 0 radical (unpaired) electrons. The summed E-state index contributed by atoms with van der Waals surface area (Å²) >= 11 is 9.18. The van der Waals surface area contributed by atoms with Crippen LogP contribution in [-0.4, -0.2) is 17.1 Å². The number of nitrogens with zero attached hydrogens (tertiary/aromatic N) is 2. The standard InChI is InChI=1S/C11H9BrClFN4O/c1-19-9-4-8(17-11(15)18-9)16-10-6(12)2-5(14)3-7(10)13/h2-4H,1H3,(H3,15,16,17,18).